The van der Waals surface area contributed by atoms with Gasteiger partial charge in [0.05, 0.1) is 4.88 Å². The van der Waals surface area contributed by atoms with Crippen LogP contribution in [-0.4, -0.2) is 27.1 Å². The summed E-state index contributed by atoms with van der Waals surface area (Å²) >= 11 is 9.51. The van der Waals surface area contributed by atoms with Crippen molar-refractivity contribution < 1.29 is 10.0 Å². The molecule has 4 nitrogen and oxygen atoms in total. The average Bonchev–Trinajstić information content (AvgIpc) is 3.32. The summed E-state index contributed by atoms with van der Waals surface area (Å²) in [6.07, 6.45) is 3.59. The molecule has 4 aromatic rings. The number of rotatable bonds is 2. The lowest BCUT2D eigenvalue weighted by molar-refractivity contribution is 0.427. The van der Waals surface area contributed by atoms with Crippen LogP contribution in [0.3, 0.4) is 0 Å². The summed E-state index contributed by atoms with van der Waals surface area (Å²) in [5, 5.41) is 25.9. The summed E-state index contributed by atoms with van der Waals surface area (Å²) in [5.74, 6) is 0. The largest absolute Gasteiger partial charge is 0.499 e. The number of thiazole rings is 2. The van der Waals surface area contributed by atoms with Crippen LogP contribution in [-0.2, 0) is 0 Å². The Balaban J connectivity index is 0.000000135. The van der Waals surface area contributed by atoms with Crippen molar-refractivity contribution in [3.05, 3.63) is 62.1 Å². The van der Waals surface area contributed by atoms with Crippen LogP contribution in [0.15, 0.2) is 62.1 Å². The van der Waals surface area contributed by atoms with Gasteiger partial charge in [-0.15, -0.1) is 34.0 Å². The van der Waals surface area contributed by atoms with Crippen molar-refractivity contribution in [3.63, 3.8) is 0 Å². The summed E-state index contributed by atoms with van der Waals surface area (Å²) in [6.45, 7) is 0. The third kappa shape index (κ3) is 6.93. The predicted octanol–water partition coefficient (Wildman–Crippen LogP) is 4.21. The molecule has 0 radical (unpaired) electrons. The van der Waals surface area contributed by atoms with Gasteiger partial charge in [0.2, 0.25) is 0 Å². The van der Waals surface area contributed by atoms with Crippen LogP contribution in [0.2, 0.25) is 0 Å². The lowest BCUT2D eigenvalue weighted by atomic mass is 9.90. The molecule has 24 heavy (non-hydrogen) atoms. The van der Waals surface area contributed by atoms with Gasteiger partial charge in [0.25, 0.3) is 0 Å². The Kier molecular flexibility index (Phi) is 8.82. The monoisotopic (exact) mass is 458 g/mol. The van der Waals surface area contributed by atoms with Crippen molar-refractivity contribution in [2.75, 3.05) is 0 Å². The fourth-order valence-corrected chi connectivity index (χ4v) is 4.24. The fraction of sp³-hybridized carbons (Fsp3) is 0. The minimum Gasteiger partial charge on any atom is -0.423 e. The molecule has 0 atom stereocenters. The SMILES string of the molecule is Brc1nccs1.OB(O)c1cccs1.c1csc(-c2nccs2)c1. The summed E-state index contributed by atoms with van der Waals surface area (Å²) in [7, 11) is -1.30. The highest BCUT2D eigenvalue weighted by Crippen LogP contribution is 2.25. The first-order chi connectivity index (χ1) is 11.7. The Hall–Kier alpha value is -0.875. The standard InChI is InChI=1S/C7H5NS2.C4H5BO2S.C3H2BrNS/c1-2-6(9-4-1)7-8-3-5-10-7;6-5(7)4-2-1-3-8-4;4-3-5-1-2-6-3/h1-5H;1-3,6-7H;1-2H. The summed E-state index contributed by atoms with van der Waals surface area (Å²) in [4.78, 5) is 9.30. The summed E-state index contributed by atoms with van der Waals surface area (Å²) in [6, 6.07) is 7.58. The second-order valence-electron chi connectivity index (χ2n) is 3.99. The van der Waals surface area contributed by atoms with Gasteiger partial charge >= 0.3 is 7.12 Å². The van der Waals surface area contributed by atoms with Crippen LogP contribution < -0.4 is 4.78 Å². The molecule has 0 aromatic carbocycles. The quantitative estimate of drug-likeness (QED) is 0.441. The maximum Gasteiger partial charge on any atom is 0.499 e. The number of halogens is 1. The Bertz CT molecular complexity index is 728. The highest BCUT2D eigenvalue weighted by molar-refractivity contribution is 9.11. The van der Waals surface area contributed by atoms with E-state index in [4.69, 9.17) is 10.0 Å². The molecular formula is C14H12BBrN2O2S4. The lowest BCUT2D eigenvalue weighted by Crippen LogP contribution is -2.26. The number of hydrogen-bond donors (Lipinski definition) is 2. The molecular weight excluding hydrogens is 447 g/mol. The van der Waals surface area contributed by atoms with E-state index in [2.05, 4.69) is 37.3 Å². The summed E-state index contributed by atoms with van der Waals surface area (Å²) in [5.41, 5.74) is 0. The normalized spacial score (nSPS) is 9.46. The first-order valence-electron chi connectivity index (χ1n) is 6.54. The summed E-state index contributed by atoms with van der Waals surface area (Å²) < 4.78 is 1.53. The van der Waals surface area contributed by atoms with Gasteiger partial charge in [-0.2, -0.15) is 11.3 Å². The zero-order valence-electron chi connectivity index (χ0n) is 12.2. The first-order valence-corrected chi connectivity index (χ1v) is 10.9. The van der Waals surface area contributed by atoms with Gasteiger partial charge in [-0.3, -0.25) is 0 Å². The van der Waals surface area contributed by atoms with Gasteiger partial charge in [-0.1, -0.05) is 18.2 Å². The Labute approximate surface area is 164 Å². The van der Waals surface area contributed by atoms with Crippen molar-refractivity contribution in [3.8, 4) is 9.88 Å². The van der Waals surface area contributed by atoms with Crippen LogP contribution in [0.4, 0.5) is 0 Å². The predicted molar refractivity (Wildman–Crippen MR) is 109 cm³/mol. The number of hydrogen-bond acceptors (Lipinski definition) is 8. The molecule has 4 rings (SSSR count). The molecule has 0 aliphatic heterocycles. The molecule has 0 fully saturated rings. The first kappa shape index (κ1) is 19.4. The molecule has 0 aliphatic carbocycles. The second kappa shape index (κ2) is 10.9. The Morgan fingerprint density at radius 1 is 0.833 bits per heavy atom. The van der Waals surface area contributed by atoms with Crippen LogP contribution in [0.1, 0.15) is 0 Å². The zero-order valence-corrected chi connectivity index (χ0v) is 17.0. The van der Waals surface area contributed by atoms with Gasteiger partial charge < -0.3 is 10.0 Å². The Morgan fingerprint density at radius 3 is 1.92 bits per heavy atom. The lowest BCUT2D eigenvalue weighted by Gasteiger charge is -1.87. The molecule has 0 unspecified atom stereocenters. The number of thiophene rings is 2. The molecule has 2 N–H and O–H groups in total. The molecule has 4 aromatic heterocycles. The van der Waals surface area contributed by atoms with E-state index in [0.717, 1.165) is 8.92 Å². The van der Waals surface area contributed by atoms with Gasteiger partial charge in [-0.05, 0) is 32.8 Å². The average molecular weight is 459 g/mol. The van der Waals surface area contributed by atoms with Crippen molar-refractivity contribution in [1.82, 2.24) is 9.97 Å². The van der Waals surface area contributed by atoms with Crippen LogP contribution in [0.25, 0.3) is 9.88 Å². The van der Waals surface area contributed by atoms with E-state index in [1.807, 2.05) is 23.0 Å². The second-order valence-corrected chi connectivity index (χ2v) is 8.98. The van der Waals surface area contributed by atoms with E-state index in [-0.39, 0.29) is 0 Å². The van der Waals surface area contributed by atoms with Crippen molar-refractivity contribution in [2.45, 2.75) is 0 Å². The minimum absolute atomic E-state index is 0.588. The smallest absolute Gasteiger partial charge is 0.423 e. The number of aromatic nitrogens is 2. The Morgan fingerprint density at radius 2 is 1.54 bits per heavy atom. The molecule has 0 bridgehead atoms. The molecule has 10 heteroatoms. The fourth-order valence-electron chi connectivity index (χ4n) is 1.39. The van der Waals surface area contributed by atoms with E-state index < -0.39 is 7.12 Å². The zero-order chi connectivity index (χ0) is 17.2. The molecule has 0 aliphatic rings. The van der Waals surface area contributed by atoms with E-state index in [0.29, 0.717) is 4.78 Å². The van der Waals surface area contributed by atoms with E-state index >= 15 is 0 Å². The third-order valence-corrected chi connectivity index (χ3v) is 6.41. The molecule has 0 saturated carbocycles. The molecule has 124 valence electrons. The van der Waals surface area contributed by atoms with Gasteiger partial charge in [0.15, 0.2) is 3.92 Å². The topological polar surface area (TPSA) is 66.2 Å². The maximum atomic E-state index is 8.48. The molecule has 4 heterocycles. The highest BCUT2D eigenvalue weighted by atomic mass is 79.9. The van der Waals surface area contributed by atoms with Crippen molar-refractivity contribution >= 4 is 73.2 Å². The third-order valence-electron chi connectivity index (χ3n) is 2.36. The number of nitrogens with zero attached hydrogens (tertiary/aromatic N) is 2. The highest BCUT2D eigenvalue weighted by Gasteiger charge is 2.09. The van der Waals surface area contributed by atoms with E-state index in [9.17, 15) is 0 Å². The van der Waals surface area contributed by atoms with Crippen LogP contribution >= 0.6 is 61.3 Å². The molecule has 0 saturated heterocycles. The van der Waals surface area contributed by atoms with E-state index in [1.165, 1.54) is 16.2 Å². The van der Waals surface area contributed by atoms with Crippen molar-refractivity contribution in [2.24, 2.45) is 0 Å². The minimum atomic E-state index is -1.30. The van der Waals surface area contributed by atoms with Gasteiger partial charge in [0, 0.05) is 27.9 Å². The molecule has 0 amide bonds. The van der Waals surface area contributed by atoms with Gasteiger partial charge in [-0.25, -0.2) is 9.97 Å². The van der Waals surface area contributed by atoms with E-state index in [1.54, 1.807) is 57.7 Å². The van der Waals surface area contributed by atoms with Crippen LogP contribution in [0, 0.1) is 0 Å². The molecule has 0 spiro atoms. The van der Waals surface area contributed by atoms with Crippen molar-refractivity contribution in [1.29, 1.82) is 0 Å². The van der Waals surface area contributed by atoms with Gasteiger partial charge in [0.1, 0.15) is 5.01 Å². The maximum absolute atomic E-state index is 8.48. The van der Waals surface area contributed by atoms with Crippen LogP contribution in [0.5, 0.6) is 0 Å².